The van der Waals surface area contributed by atoms with Crippen molar-refractivity contribution in [1.29, 1.82) is 0 Å². The first-order valence-electron chi connectivity index (χ1n) is 7.14. The molecule has 1 aromatic carbocycles. The van der Waals surface area contributed by atoms with Crippen LogP contribution in [0.5, 0.6) is 0 Å². The van der Waals surface area contributed by atoms with Gasteiger partial charge in [-0.25, -0.2) is 4.98 Å². The zero-order valence-electron chi connectivity index (χ0n) is 11.7. The molecule has 19 heavy (non-hydrogen) atoms. The number of piperazine rings is 1. The van der Waals surface area contributed by atoms with E-state index in [0.717, 1.165) is 43.9 Å². The van der Waals surface area contributed by atoms with E-state index in [1.807, 2.05) is 0 Å². The number of fused-ring (bicyclic) bond motifs is 1. The van der Waals surface area contributed by atoms with Crippen molar-refractivity contribution in [3.8, 4) is 0 Å². The third kappa shape index (κ3) is 2.43. The molecule has 0 atom stereocenters. The first-order valence-corrected chi connectivity index (χ1v) is 7.14. The van der Waals surface area contributed by atoms with Crippen molar-refractivity contribution < 1.29 is 0 Å². The predicted octanol–water partition coefficient (Wildman–Crippen LogP) is 2.52. The number of nitrogens with zero attached hydrogens (tertiary/aromatic N) is 2. The fourth-order valence-corrected chi connectivity index (χ4v) is 2.71. The number of pyridine rings is 1. The summed E-state index contributed by atoms with van der Waals surface area (Å²) in [4.78, 5) is 7.24. The maximum Gasteiger partial charge on any atom is 0.129 e. The van der Waals surface area contributed by atoms with Crippen molar-refractivity contribution in [3.05, 3.63) is 35.4 Å². The van der Waals surface area contributed by atoms with Gasteiger partial charge in [-0.3, -0.25) is 0 Å². The molecule has 0 aliphatic carbocycles. The fraction of sp³-hybridized carbons (Fsp3) is 0.438. The summed E-state index contributed by atoms with van der Waals surface area (Å²) in [6, 6.07) is 8.87. The minimum absolute atomic E-state index is 1.05. The lowest BCUT2D eigenvalue weighted by molar-refractivity contribution is 0.585. The van der Waals surface area contributed by atoms with Crippen LogP contribution in [0.2, 0.25) is 0 Å². The van der Waals surface area contributed by atoms with Gasteiger partial charge in [0.15, 0.2) is 0 Å². The van der Waals surface area contributed by atoms with Crippen LogP contribution in [-0.2, 0) is 6.42 Å². The minimum atomic E-state index is 1.05. The van der Waals surface area contributed by atoms with Crippen LogP contribution in [0.15, 0.2) is 24.3 Å². The number of nitrogens with one attached hydrogen (secondary N) is 1. The van der Waals surface area contributed by atoms with Crippen molar-refractivity contribution in [2.24, 2.45) is 0 Å². The molecule has 1 aliphatic heterocycles. The number of hydrogen-bond donors (Lipinski definition) is 1. The fourth-order valence-electron chi connectivity index (χ4n) is 2.71. The Balaban J connectivity index is 2.05. The van der Waals surface area contributed by atoms with E-state index >= 15 is 0 Å². The average Bonchev–Trinajstić information content (AvgIpc) is 2.47. The molecule has 3 rings (SSSR count). The Kier molecular flexibility index (Phi) is 3.38. The zero-order chi connectivity index (χ0) is 13.2. The van der Waals surface area contributed by atoms with Gasteiger partial charge in [0.05, 0.1) is 5.52 Å². The monoisotopic (exact) mass is 255 g/mol. The van der Waals surface area contributed by atoms with E-state index < -0.39 is 0 Å². The Bertz CT molecular complexity index is 586. The third-order valence-corrected chi connectivity index (χ3v) is 3.92. The van der Waals surface area contributed by atoms with Gasteiger partial charge in [-0.05, 0) is 36.6 Å². The molecule has 1 saturated heterocycles. The zero-order valence-corrected chi connectivity index (χ0v) is 11.7. The molecule has 1 aromatic heterocycles. The standard InChI is InChI=1S/C16H21N3/c1-3-13-4-5-14-12(2)10-16(18-15(14)11-13)19-8-6-17-7-9-19/h4-5,10-11,17H,3,6-9H2,1-2H3. The van der Waals surface area contributed by atoms with Gasteiger partial charge < -0.3 is 10.2 Å². The van der Waals surface area contributed by atoms with Gasteiger partial charge in [-0.2, -0.15) is 0 Å². The van der Waals surface area contributed by atoms with Crippen molar-refractivity contribution in [2.75, 3.05) is 31.1 Å². The van der Waals surface area contributed by atoms with Crippen LogP contribution < -0.4 is 10.2 Å². The third-order valence-electron chi connectivity index (χ3n) is 3.92. The molecule has 0 unspecified atom stereocenters. The quantitative estimate of drug-likeness (QED) is 0.893. The smallest absolute Gasteiger partial charge is 0.129 e. The van der Waals surface area contributed by atoms with Crippen LogP contribution in [0.3, 0.4) is 0 Å². The minimum Gasteiger partial charge on any atom is -0.354 e. The summed E-state index contributed by atoms with van der Waals surface area (Å²) in [5.74, 6) is 1.12. The molecule has 1 N–H and O–H groups in total. The molecule has 2 heterocycles. The SMILES string of the molecule is CCc1ccc2c(C)cc(N3CCNCC3)nc2c1. The normalized spacial score (nSPS) is 16.0. The number of aromatic nitrogens is 1. The van der Waals surface area contributed by atoms with E-state index in [1.54, 1.807) is 0 Å². The summed E-state index contributed by atoms with van der Waals surface area (Å²) in [5.41, 5.74) is 3.81. The highest BCUT2D eigenvalue weighted by Crippen LogP contribution is 2.23. The van der Waals surface area contributed by atoms with Crippen molar-refractivity contribution in [1.82, 2.24) is 10.3 Å². The number of benzene rings is 1. The lowest BCUT2D eigenvalue weighted by atomic mass is 10.1. The summed E-state index contributed by atoms with van der Waals surface area (Å²) in [6.07, 6.45) is 1.06. The molecule has 1 fully saturated rings. The second-order valence-electron chi connectivity index (χ2n) is 5.24. The number of aryl methyl sites for hydroxylation is 2. The van der Waals surface area contributed by atoms with Crippen LogP contribution in [0.1, 0.15) is 18.1 Å². The van der Waals surface area contributed by atoms with E-state index in [1.165, 1.54) is 16.5 Å². The maximum atomic E-state index is 4.87. The highest BCUT2D eigenvalue weighted by molar-refractivity contribution is 5.84. The van der Waals surface area contributed by atoms with Gasteiger partial charge in [0.25, 0.3) is 0 Å². The predicted molar refractivity (Wildman–Crippen MR) is 80.9 cm³/mol. The van der Waals surface area contributed by atoms with Gasteiger partial charge in [0.1, 0.15) is 5.82 Å². The summed E-state index contributed by atoms with van der Waals surface area (Å²) in [7, 11) is 0. The second kappa shape index (κ2) is 5.17. The molecule has 0 saturated carbocycles. The molecule has 0 bridgehead atoms. The molecule has 0 radical (unpaired) electrons. The number of anilines is 1. The Hall–Kier alpha value is -1.61. The summed E-state index contributed by atoms with van der Waals surface area (Å²) >= 11 is 0. The van der Waals surface area contributed by atoms with Crippen molar-refractivity contribution in [2.45, 2.75) is 20.3 Å². The average molecular weight is 255 g/mol. The van der Waals surface area contributed by atoms with Gasteiger partial charge in [-0.1, -0.05) is 19.1 Å². The first-order chi connectivity index (χ1) is 9.28. The lowest BCUT2D eigenvalue weighted by Gasteiger charge is -2.29. The Morgan fingerprint density at radius 1 is 1.21 bits per heavy atom. The highest BCUT2D eigenvalue weighted by Gasteiger charge is 2.13. The summed E-state index contributed by atoms with van der Waals surface area (Å²) < 4.78 is 0. The highest BCUT2D eigenvalue weighted by atomic mass is 15.2. The van der Waals surface area contributed by atoms with Gasteiger partial charge in [-0.15, -0.1) is 0 Å². The van der Waals surface area contributed by atoms with Gasteiger partial charge in [0, 0.05) is 31.6 Å². The van der Waals surface area contributed by atoms with Gasteiger partial charge >= 0.3 is 0 Å². The molecule has 3 heteroatoms. The number of hydrogen-bond acceptors (Lipinski definition) is 3. The lowest BCUT2D eigenvalue weighted by Crippen LogP contribution is -2.43. The van der Waals surface area contributed by atoms with Crippen LogP contribution in [-0.4, -0.2) is 31.2 Å². The summed E-state index contributed by atoms with van der Waals surface area (Å²) in [5, 5.41) is 4.66. The van der Waals surface area contributed by atoms with E-state index in [-0.39, 0.29) is 0 Å². The maximum absolute atomic E-state index is 4.87. The Morgan fingerprint density at radius 3 is 2.74 bits per heavy atom. The molecule has 100 valence electrons. The first kappa shape index (κ1) is 12.4. The largest absolute Gasteiger partial charge is 0.354 e. The molecule has 1 aliphatic rings. The summed E-state index contributed by atoms with van der Waals surface area (Å²) in [6.45, 7) is 8.56. The second-order valence-corrected chi connectivity index (χ2v) is 5.24. The van der Waals surface area contributed by atoms with Crippen LogP contribution in [0.4, 0.5) is 5.82 Å². The van der Waals surface area contributed by atoms with Gasteiger partial charge in [0.2, 0.25) is 0 Å². The van der Waals surface area contributed by atoms with Crippen molar-refractivity contribution >= 4 is 16.7 Å². The Labute approximate surface area is 114 Å². The molecule has 0 spiro atoms. The topological polar surface area (TPSA) is 28.2 Å². The molecular formula is C16H21N3. The number of rotatable bonds is 2. The van der Waals surface area contributed by atoms with Crippen LogP contribution >= 0.6 is 0 Å². The molecule has 2 aromatic rings. The molecular weight excluding hydrogens is 234 g/mol. The van der Waals surface area contributed by atoms with E-state index in [4.69, 9.17) is 4.98 Å². The Morgan fingerprint density at radius 2 is 2.00 bits per heavy atom. The molecule has 0 amide bonds. The molecule has 3 nitrogen and oxygen atoms in total. The van der Waals surface area contributed by atoms with E-state index in [0.29, 0.717) is 0 Å². The van der Waals surface area contributed by atoms with E-state index in [2.05, 4.69) is 48.3 Å². The van der Waals surface area contributed by atoms with Crippen LogP contribution in [0, 0.1) is 6.92 Å². The van der Waals surface area contributed by atoms with Crippen molar-refractivity contribution in [3.63, 3.8) is 0 Å². The van der Waals surface area contributed by atoms with E-state index in [9.17, 15) is 0 Å². The van der Waals surface area contributed by atoms with Crippen LogP contribution in [0.25, 0.3) is 10.9 Å².